The smallest absolute Gasteiger partial charge is 0.230 e. The standard InChI is InChI=1S/C12H17ClN2OS/c13-11-5-2-1-4-10(11)8-15-12(16)9-17-7-3-6-14/h1-2,4-5H,3,6-9,14H2,(H,15,16). The topological polar surface area (TPSA) is 55.1 Å². The number of carbonyl (C=O) groups excluding carboxylic acids is 1. The number of rotatable bonds is 7. The Morgan fingerprint density at radius 2 is 2.18 bits per heavy atom. The molecule has 17 heavy (non-hydrogen) atoms. The third-order valence-electron chi connectivity index (χ3n) is 2.16. The monoisotopic (exact) mass is 272 g/mol. The zero-order valence-electron chi connectivity index (χ0n) is 9.62. The molecule has 1 aromatic rings. The number of hydrogen-bond donors (Lipinski definition) is 2. The normalized spacial score (nSPS) is 10.2. The summed E-state index contributed by atoms with van der Waals surface area (Å²) >= 11 is 7.58. The molecule has 0 aliphatic carbocycles. The molecular formula is C12H17ClN2OS. The van der Waals surface area contributed by atoms with E-state index in [9.17, 15) is 4.79 Å². The van der Waals surface area contributed by atoms with Crippen LogP contribution in [0.1, 0.15) is 12.0 Å². The number of thioether (sulfide) groups is 1. The van der Waals surface area contributed by atoms with Crippen LogP contribution in [0.25, 0.3) is 0 Å². The molecule has 94 valence electrons. The first-order chi connectivity index (χ1) is 8.24. The van der Waals surface area contributed by atoms with E-state index in [0.29, 0.717) is 23.9 Å². The number of halogens is 1. The summed E-state index contributed by atoms with van der Waals surface area (Å²) < 4.78 is 0. The molecule has 0 radical (unpaired) electrons. The molecule has 0 spiro atoms. The second-order valence-corrected chi connectivity index (χ2v) is 5.08. The second-order valence-electron chi connectivity index (χ2n) is 3.56. The molecule has 0 aliphatic rings. The highest BCUT2D eigenvalue weighted by Gasteiger charge is 2.03. The molecule has 0 saturated heterocycles. The zero-order chi connectivity index (χ0) is 12.5. The van der Waals surface area contributed by atoms with E-state index < -0.39 is 0 Å². The van der Waals surface area contributed by atoms with E-state index in [-0.39, 0.29) is 5.91 Å². The van der Waals surface area contributed by atoms with Crippen LogP contribution in [0.5, 0.6) is 0 Å². The van der Waals surface area contributed by atoms with Crippen LogP contribution in [0.3, 0.4) is 0 Å². The lowest BCUT2D eigenvalue weighted by Gasteiger charge is -2.06. The molecule has 3 nitrogen and oxygen atoms in total. The summed E-state index contributed by atoms with van der Waals surface area (Å²) in [5, 5.41) is 3.53. The van der Waals surface area contributed by atoms with Crippen molar-refractivity contribution in [3.8, 4) is 0 Å². The van der Waals surface area contributed by atoms with Gasteiger partial charge in [-0.3, -0.25) is 4.79 Å². The van der Waals surface area contributed by atoms with Gasteiger partial charge < -0.3 is 11.1 Å². The second kappa shape index (κ2) is 8.39. The fraction of sp³-hybridized carbons (Fsp3) is 0.417. The average molecular weight is 273 g/mol. The molecule has 0 bridgehead atoms. The van der Waals surface area contributed by atoms with E-state index in [2.05, 4.69) is 5.32 Å². The van der Waals surface area contributed by atoms with Crippen molar-refractivity contribution in [2.75, 3.05) is 18.1 Å². The van der Waals surface area contributed by atoms with Gasteiger partial charge in [0.05, 0.1) is 5.75 Å². The third-order valence-corrected chi connectivity index (χ3v) is 3.57. The van der Waals surface area contributed by atoms with Crippen molar-refractivity contribution in [2.45, 2.75) is 13.0 Å². The fourth-order valence-corrected chi connectivity index (χ4v) is 2.24. The number of carbonyl (C=O) groups is 1. The zero-order valence-corrected chi connectivity index (χ0v) is 11.2. The van der Waals surface area contributed by atoms with Crippen molar-refractivity contribution in [1.29, 1.82) is 0 Å². The van der Waals surface area contributed by atoms with Gasteiger partial charge in [0.1, 0.15) is 0 Å². The fourth-order valence-electron chi connectivity index (χ4n) is 1.24. The predicted molar refractivity (Wildman–Crippen MR) is 74.3 cm³/mol. The minimum absolute atomic E-state index is 0.0342. The molecule has 1 amide bonds. The Morgan fingerprint density at radius 3 is 2.88 bits per heavy atom. The first-order valence-corrected chi connectivity index (χ1v) is 7.05. The van der Waals surface area contributed by atoms with Gasteiger partial charge in [-0.2, -0.15) is 11.8 Å². The Balaban J connectivity index is 2.22. The van der Waals surface area contributed by atoms with E-state index in [4.69, 9.17) is 17.3 Å². The quantitative estimate of drug-likeness (QED) is 0.747. The lowest BCUT2D eigenvalue weighted by molar-refractivity contribution is -0.118. The van der Waals surface area contributed by atoms with Gasteiger partial charge in [-0.25, -0.2) is 0 Å². The summed E-state index contributed by atoms with van der Waals surface area (Å²) in [6.07, 6.45) is 0.947. The summed E-state index contributed by atoms with van der Waals surface area (Å²) in [5.74, 6) is 1.44. The molecule has 5 heteroatoms. The highest BCUT2D eigenvalue weighted by atomic mass is 35.5. The molecule has 0 aromatic heterocycles. The summed E-state index contributed by atoms with van der Waals surface area (Å²) in [7, 11) is 0. The van der Waals surface area contributed by atoms with Crippen molar-refractivity contribution in [3.63, 3.8) is 0 Å². The lowest BCUT2D eigenvalue weighted by atomic mass is 10.2. The number of nitrogens with one attached hydrogen (secondary N) is 1. The van der Waals surface area contributed by atoms with Crippen LogP contribution >= 0.6 is 23.4 Å². The highest BCUT2D eigenvalue weighted by molar-refractivity contribution is 7.99. The Hall–Kier alpha value is -0.710. The highest BCUT2D eigenvalue weighted by Crippen LogP contribution is 2.14. The largest absolute Gasteiger partial charge is 0.351 e. The maximum atomic E-state index is 11.5. The maximum absolute atomic E-state index is 11.5. The summed E-state index contributed by atoms with van der Waals surface area (Å²) in [5.41, 5.74) is 6.31. The van der Waals surface area contributed by atoms with Crippen LogP contribution in [0.4, 0.5) is 0 Å². The van der Waals surface area contributed by atoms with Gasteiger partial charge in [0.25, 0.3) is 0 Å². The van der Waals surface area contributed by atoms with Crippen molar-refractivity contribution >= 4 is 29.3 Å². The minimum Gasteiger partial charge on any atom is -0.351 e. The van der Waals surface area contributed by atoms with Crippen LogP contribution in [0.15, 0.2) is 24.3 Å². The van der Waals surface area contributed by atoms with Crippen LogP contribution < -0.4 is 11.1 Å². The predicted octanol–water partition coefficient (Wildman–Crippen LogP) is 2.04. The number of hydrogen-bond acceptors (Lipinski definition) is 3. The Bertz CT molecular complexity index is 360. The maximum Gasteiger partial charge on any atom is 0.230 e. The summed E-state index contributed by atoms with van der Waals surface area (Å²) in [6.45, 7) is 1.16. The van der Waals surface area contributed by atoms with Crippen LogP contribution in [0, 0.1) is 0 Å². The summed E-state index contributed by atoms with van der Waals surface area (Å²) in [6, 6.07) is 7.50. The van der Waals surface area contributed by atoms with E-state index in [1.165, 1.54) is 0 Å². The van der Waals surface area contributed by atoms with Crippen LogP contribution in [0.2, 0.25) is 5.02 Å². The van der Waals surface area contributed by atoms with E-state index in [1.54, 1.807) is 11.8 Å². The van der Waals surface area contributed by atoms with Crippen LogP contribution in [-0.4, -0.2) is 24.0 Å². The van der Waals surface area contributed by atoms with Gasteiger partial charge in [0.15, 0.2) is 0 Å². The molecular weight excluding hydrogens is 256 g/mol. The van der Waals surface area contributed by atoms with Gasteiger partial charge in [0, 0.05) is 11.6 Å². The molecule has 3 N–H and O–H groups in total. The van der Waals surface area contributed by atoms with Crippen LogP contribution in [-0.2, 0) is 11.3 Å². The van der Waals surface area contributed by atoms with Crippen molar-refractivity contribution in [1.82, 2.24) is 5.32 Å². The molecule has 1 rings (SSSR count). The van der Waals surface area contributed by atoms with Gasteiger partial charge in [-0.15, -0.1) is 0 Å². The Kier molecular flexibility index (Phi) is 7.08. The summed E-state index contributed by atoms with van der Waals surface area (Å²) in [4.78, 5) is 11.5. The molecule has 0 fully saturated rings. The lowest BCUT2D eigenvalue weighted by Crippen LogP contribution is -2.24. The number of benzene rings is 1. The van der Waals surface area contributed by atoms with E-state index in [1.807, 2.05) is 24.3 Å². The van der Waals surface area contributed by atoms with Gasteiger partial charge in [-0.05, 0) is 30.3 Å². The Labute approximate surface area is 111 Å². The third kappa shape index (κ3) is 5.96. The molecule has 1 aromatic carbocycles. The van der Waals surface area contributed by atoms with Gasteiger partial charge in [-0.1, -0.05) is 29.8 Å². The molecule has 0 heterocycles. The average Bonchev–Trinajstić information content (AvgIpc) is 2.34. The van der Waals surface area contributed by atoms with Gasteiger partial charge in [0.2, 0.25) is 5.91 Å². The van der Waals surface area contributed by atoms with Crippen molar-refractivity contribution in [2.24, 2.45) is 5.73 Å². The van der Waals surface area contributed by atoms with E-state index in [0.717, 1.165) is 17.7 Å². The first-order valence-electron chi connectivity index (χ1n) is 5.52. The van der Waals surface area contributed by atoms with Crippen molar-refractivity contribution < 1.29 is 4.79 Å². The Morgan fingerprint density at radius 1 is 1.41 bits per heavy atom. The minimum atomic E-state index is 0.0342. The SMILES string of the molecule is NCCCSCC(=O)NCc1ccccc1Cl. The van der Waals surface area contributed by atoms with Crippen molar-refractivity contribution in [3.05, 3.63) is 34.9 Å². The molecule has 0 saturated carbocycles. The molecule has 0 aliphatic heterocycles. The first kappa shape index (κ1) is 14.4. The number of amides is 1. The molecule has 0 atom stereocenters. The number of nitrogens with two attached hydrogens (primary N) is 1. The molecule has 0 unspecified atom stereocenters. The van der Waals surface area contributed by atoms with Gasteiger partial charge >= 0.3 is 0 Å². The van der Waals surface area contributed by atoms with E-state index >= 15 is 0 Å².